The molecule has 1 saturated heterocycles. The average molecular weight is 166 g/mol. The van der Waals surface area contributed by atoms with Crippen LogP contribution in [0.1, 0.15) is 19.8 Å². The Bertz CT molecular complexity index is 261. The van der Waals surface area contributed by atoms with Crippen LogP contribution in [0.3, 0.4) is 0 Å². The van der Waals surface area contributed by atoms with Crippen molar-refractivity contribution < 1.29 is 14.3 Å². The molecular weight excluding hydrogens is 156 g/mol. The molecule has 0 saturated carbocycles. The molecule has 1 rings (SSSR count). The maximum absolute atomic E-state index is 11.2. The minimum absolute atomic E-state index is 0.154. The highest BCUT2D eigenvalue weighted by Gasteiger charge is 2.48. The van der Waals surface area contributed by atoms with Crippen molar-refractivity contribution in [3.05, 3.63) is 0 Å². The molecule has 0 aromatic heterocycles. The number of ether oxygens (including phenoxy) is 1. The monoisotopic (exact) mass is 166 g/mol. The van der Waals surface area contributed by atoms with Crippen LogP contribution in [0, 0.1) is 17.8 Å². The number of esters is 1. The fourth-order valence-corrected chi connectivity index (χ4v) is 1.34. The van der Waals surface area contributed by atoms with Crippen LogP contribution in [0.15, 0.2) is 0 Å². The largest absolute Gasteiger partial charge is 0.465 e. The molecule has 1 aliphatic rings. The Balaban J connectivity index is 2.95. The lowest BCUT2D eigenvalue weighted by molar-refractivity contribution is -0.150. The second kappa shape index (κ2) is 2.98. The smallest absolute Gasteiger partial charge is 0.320 e. The van der Waals surface area contributed by atoms with Crippen molar-refractivity contribution in [2.24, 2.45) is 5.41 Å². The number of hydrogen-bond acceptors (Lipinski definition) is 3. The maximum Gasteiger partial charge on any atom is 0.320 e. The fraction of sp³-hybridized carbons (Fsp3) is 0.556. The van der Waals surface area contributed by atoms with Gasteiger partial charge >= 0.3 is 5.97 Å². The molecule has 0 aliphatic carbocycles. The second-order valence-corrected chi connectivity index (χ2v) is 2.91. The molecule has 1 aliphatic heterocycles. The molecule has 0 bridgehead atoms. The molecule has 0 amide bonds. The lowest BCUT2D eigenvalue weighted by Gasteiger charge is -2.17. The van der Waals surface area contributed by atoms with Gasteiger partial charge in [-0.15, -0.1) is 12.3 Å². The van der Waals surface area contributed by atoms with Crippen molar-refractivity contribution in [3.8, 4) is 12.3 Å². The van der Waals surface area contributed by atoms with E-state index in [9.17, 15) is 9.59 Å². The van der Waals surface area contributed by atoms with Gasteiger partial charge in [0.15, 0.2) is 0 Å². The zero-order chi connectivity index (χ0) is 9.19. The third-order valence-corrected chi connectivity index (χ3v) is 2.23. The van der Waals surface area contributed by atoms with Gasteiger partial charge < -0.3 is 4.74 Å². The highest BCUT2D eigenvalue weighted by Crippen LogP contribution is 2.34. The van der Waals surface area contributed by atoms with Crippen LogP contribution in [0.5, 0.6) is 0 Å². The lowest BCUT2D eigenvalue weighted by Crippen LogP contribution is -2.33. The fourth-order valence-electron chi connectivity index (χ4n) is 1.34. The van der Waals surface area contributed by atoms with Gasteiger partial charge in [0.05, 0.1) is 6.61 Å². The van der Waals surface area contributed by atoms with Crippen LogP contribution >= 0.6 is 0 Å². The van der Waals surface area contributed by atoms with Gasteiger partial charge in [0.1, 0.15) is 11.2 Å². The Morgan fingerprint density at radius 1 is 1.83 bits per heavy atom. The van der Waals surface area contributed by atoms with Crippen molar-refractivity contribution in [1.29, 1.82) is 0 Å². The number of carbonyl (C=O) groups excluding carboxylic acids is 2. The van der Waals surface area contributed by atoms with Crippen LogP contribution in [0.2, 0.25) is 0 Å². The van der Waals surface area contributed by atoms with Crippen LogP contribution < -0.4 is 0 Å². The van der Waals surface area contributed by atoms with Crippen LogP contribution in [0.25, 0.3) is 0 Å². The molecule has 1 fully saturated rings. The van der Waals surface area contributed by atoms with Crippen LogP contribution in [-0.2, 0) is 14.3 Å². The third-order valence-electron chi connectivity index (χ3n) is 2.23. The quantitative estimate of drug-likeness (QED) is 0.341. The van der Waals surface area contributed by atoms with E-state index in [1.54, 1.807) is 0 Å². The minimum atomic E-state index is -1.03. The Kier molecular flexibility index (Phi) is 2.18. The molecule has 0 radical (unpaired) electrons. The molecular formula is C9H10O3. The number of cyclic esters (lactones) is 1. The molecule has 0 N–H and O–H groups in total. The predicted octanol–water partition coefficient (Wildman–Crippen LogP) is 0.532. The van der Waals surface area contributed by atoms with E-state index in [0.29, 0.717) is 13.0 Å². The molecule has 0 aromatic carbocycles. The van der Waals surface area contributed by atoms with Crippen molar-refractivity contribution in [2.45, 2.75) is 19.8 Å². The van der Waals surface area contributed by atoms with E-state index in [4.69, 9.17) is 11.2 Å². The van der Waals surface area contributed by atoms with Crippen LogP contribution in [-0.4, -0.2) is 18.4 Å². The van der Waals surface area contributed by atoms with Gasteiger partial charge in [0.25, 0.3) is 0 Å². The maximum atomic E-state index is 11.2. The summed E-state index contributed by atoms with van der Waals surface area (Å²) >= 11 is 0. The highest BCUT2D eigenvalue weighted by molar-refractivity contribution is 6.04. The molecule has 3 heteroatoms. The Labute approximate surface area is 71.1 Å². The Hall–Kier alpha value is -1.30. The number of rotatable bonds is 2. The lowest BCUT2D eigenvalue weighted by atomic mass is 9.80. The summed E-state index contributed by atoms with van der Waals surface area (Å²) in [7, 11) is 0. The molecule has 3 nitrogen and oxygen atoms in total. The van der Waals surface area contributed by atoms with E-state index in [-0.39, 0.29) is 12.2 Å². The number of carbonyl (C=O) groups is 2. The summed E-state index contributed by atoms with van der Waals surface area (Å²) in [6.07, 6.45) is 5.66. The first kappa shape index (κ1) is 8.79. The van der Waals surface area contributed by atoms with Crippen molar-refractivity contribution in [3.63, 3.8) is 0 Å². The van der Waals surface area contributed by atoms with E-state index in [1.807, 2.05) is 0 Å². The summed E-state index contributed by atoms with van der Waals surface area (Å²) in [5.74, 6) is 1.68. The molecule has 0 aromatic rings. The topological polar surface area (TPSA) is 43.4 Å². The molecule has 0 spiro atoms. The number of hydrogen-bond donors (Lipinski definition) is 0. The van der Waals surface area contributed by atoms with Crippen LogP contribution in [0.4, 0.5) is 0 Å². The van der Waals surface area contributed by atoms with Crippen molar-refractivity contribution >= 4 is 11.8 Å². The zero-order valence-electron chi connectivity index (χ0n) is 6.92. The number of ketones is 1. The van der Waals surface area contributed by atoms with E-state index < -0.39 is 11.4 Å². The molecule has 0 unspecified atom stereocenters. The average Bonchev–Trinajstić information content (AvgIpc) is 2.34. The molecule has 12 heavy (non-hydrogen) atoms. The first-order valence-electron chi connectivity index (χ1n) is 3.75. The van der Waals surface area contributed by atoms with Gasteiger partial charge in [-0.2, -0.15) is 0 Å². The van der Waals surface area contributed by atoms with E-state index in [0.717, 1.165) is 0 Å². The molecule has 1 heterocycles. The minimum Gasteiger partial charge on any atom is -0.465 e. The number of terminal acetylenes is 1. The third kappa shape index (κ3) is 1.10. The first-order chi connectivity index (χ1) is 5.63. The SMILES string of the molecule is C#CC[C@]1(C(C)=O)CCOC1=O. The summed E-state index contributed by atoms with van der Waals surface area (Å²) in [6.45, 7) is 1.68. The summed E-state index contributed by atoms with van der Waals surface area (Å²) in [5, 5.41) is 0. The highest BCUT2D eigenvalue weighted by atomic mass is 16.5. The van der Waals surface area contributed by atoms with Crippen molar-refractivity contribution in [2.75, 3.05) is 6.61 Å². The van der Waals surface area contributed by atoms with Gasteiger partial charge in [0, 0.05) is 12.8 Å². The first-order valence-corrected chi connectivity index (χ1v) is 3.75. The van der Waals surface area contributed by atoms with E-state index >= 15 is 0 Å². The number of Topliss-reactive ketones (excluding diaryl/α,β-unsaturated/α-hetero) is 1. The van der Waals surface area contributed by atoms with Gasteiger partial charge in [-0.05, 0) is 6.92 Å². The van der Waals surface area contributed by atoms with Gasteiger partial charge in [0.2, 0.25) is 0 Å². The van der Waals surface area contributed by atoms with Gasteiger partial charge in [-0.3, -0.25) is 9.59 Å². The summed E-state index contributed by atoms with van der Waals surface area (Å²) < 4.78 is 4.73. The normalized spacial score (nSPS) is 27.8. The Morgan fingerprint density at radius 3 is 2.83 bits per heavy atom. The second-order valence-electron chi connectivity index (χ2n) is 2.91. The Morgan fingerprint density at radius 2 is 2.50 bits per heavy atom. The zero-order valence-corrected chi connectivity index (χ0v) is 6.92. The summed E-state index contributed by atoms with van der Waals surface area (Å²) in [4.78, 5) is 22.4. The van der Waals surface area contributed by atoms with E-state index in [2.05, 4.69) is 5.92 Å². The van der Waals surface area contributed by atoms with Crippen molar-refractivity contribution in [1.82, 2.24) is 0 Å². The van der Waals surface area contributed by atoms with E-state index in [1.165, 1.54) is 6.92 Å². The molecule has 1 atom stereocenters. The molecule has 64 valence electrons. The van der Waals surface area contributed by atoms with Gasteiger partial charge in [-0.1, -0.05) is 0 Å². The van der Waals surface area contributed by atoms with Gasteiger partial charge in [-0.25, -0.2) is 0 Å². The summed E-state index contributed by atoms with van der Waals surface area (Å²) in [5.41, 5.74) is -1.03. The standard InChI is InChI=1S/C9H10O3/c1-3-4-9(7(2)10)5-6-12-8(9)11/h1H,4-6H2,2H3/t9-/m1/s1. The summed E-state index contributed by atoms with van der Waals surface area (Å²) in [6, 6.07) is 0. The predicted molar refractivity (Wildman–Crippen MR) is 42.1 cm³/mol.